The van der Waals surface area contributed by atoms with Crippen molar-refractivity contribution in [1.29, 1.82) is 0 Å². The van der Waals surface area contributed by atoms with E-state index in [1.54, 1.807) is 60.7 Å². The number of ether oxygens (including phenoxy) is 2. The minimum atomic E-state index is -4.67. The number of hydrogen-bond donors (Lipinski definition) is 0. The van der Waals surface area contributed by atoms with Crippen LogP contribution in [0.4, 0.5) is 26.3 Å². The van der Waals surface area contributed by atoms with Crippen LogP contribution in [0, 0.1) is 0 Å². The molecule has 39 heavy (non-hydrogen) atoms. The fraction of sp³-hybridized carbons (Fsp3) is 0.143. The SMILES string of the molecule is FC(F)(F)c1ccc(OCc2ccccc2)c(O[B]Oc2cc(C(F)(F)F)ccc2OCc2ccccc2)c1. The number of alkyl halides is 6. The van der Waals surface area contributed by atoms with E-state index in [0.717, 1.165) is 35.4 Å². The van der Waals surface area contributed by atoms with Crippen LogP contribution in [0.15, 0.2) is 97.1 Å². The molecule has 4 aromatic rings. The van der Waals surface area contributed by atoms with E-state index in [1.165, 1.54) is 0 Å². The molecule has 1 radical (unpaired) electrons. The van der Waals surface area contributed by atoms with Gasteiger partial charge in [0.2, 0.25) is 0 Å². The number of benzene rings is 4. The lowest BCUT2D eigenvalue weighted by Gasteiger charge is -2.17. The van der Waals surface area contributed by atoms with E-state index in [1.807, 2.05) is 0 Å². The van der Waals surface area contributed by atoms with Gasteiger partial charge in [-0.05, 0) is 47.5 Å². The van der Waals surface area contributed by atoms with Crippen LogP contribution >= 0.6 is 0 Å². The Kier molecular flexibility index (Phi) is 8.58. The molecule has 0 bridgehead atoms. The predicted molar refractivity (Wildman–Crippen MR) is 131 cm³/mol. The van der Waals surface area contributed by atoms with Crippen LogP contribution in [0.25, 0.3) is 0 Å². The molecule has 0 unspecified atom stereocenters. The molecule has 4 nitrogen and oxygen atoms in total. The van der Waals surface area contributed by atoms with Crippen LogP contribution in [-0.4, -0.2) is 7.69 Å². The van der Waals surface area contributed by atoms with Crippen molar-refractivity contribution in [3.63, 3.8) is 0 Å². The molecule has 0 fully saturated rings. The fourth-order valence-corrected chi connectivity index (χ4v) is 3.39. The Bertz CT molecular complexity index is 1260. The van der Waals surface area contributed by atoms with E-state index in [-0.39, 0.29) is 36.2 Å². The average Bonchev–Trinajstić information content (AvgIpc) is 2.91. The van der Waals surface area contributed by atoms with Crippen molar-refractivity contribution < 1.29 is 45.1 Å². The molecule has 0 aromatic heterocycles. The van der Waals surface area contributed by atoms with Crippen molar-refractivity contribution in [2.45, 2.75) is 25.6 Å². The summed E-state index contributed by atoms with van der Waals surface area (Å²) in [7, 11) is 0.621. The van der Waals surface area contributed by atoms with E-state index in [2.05, 4.69) is 0 Å². The lowest BCUT2D eigenvalue weighted by atomic mass is 10.1. The molecule has 0 heterocycles. The molecule has 4 rings (SSSR count). The Hall–Kier alpha value is -4.28. The Balaban J connectivity index is 1.52. The van der Waals surface area contributed by atoms with Gasteiger partial charge in [0.05, 0.1) is 11.1 Å². The molecular formula is C28H20BF6O4. The molecule has 0 N–H and O–H groups in total. The third kappa shape index (κ3) is 7.86. The summed E-state index contributed by atoms with van der Waals surface area (Å²) in [4.78, 5) is 0. The summed E-state index contributed by atoms with van der Waals surface area (Å²) < 4.78 is 102. The third-order valence-electron chi connectivity index (χ3n) is 5.37. The van der Waals surface area contributed by atoms with Crippen LogP contribution in [0.5, 0.6) is 23.0 Å². The quantitative estimate of drug-likeness (QED) is 0.150. The van der Waals surface area contributed by atoms with Gasteiger partial charge in [-0.3, -0.25) is 0 Å². The lowest BCUT2D eigenvalue weighted by molar-refractivity contribution is -0.138. The summed E-state index contributed by atoms with van der Waals surface area (Å²) in [5.74, 6) is -0.758. The Labute approximate surface area is 221 Å². The second-order valence-electron chi connectivity index (χ2n) is 8.20. The zero-order chi connectivity index (χ0) is 27.9. The lowest BCUT2D eigenvalue weighted by Crippen LogP contribution is -2.15. The largest absolute Gasteiger partial charge is 0.658 e. The topological polar surface area (TPSA) is 36.9 Å². The molecule has 0 amide bonds. The van der Waals surface area contributed by atoms with Gasteiger partial charge in [-0.25, -0.2) is 0 Å². The second kappa shape index (κ2) is 12.1. The van der Waals surface area contributed by atoms with E-state index in [9.17, 15) is 26.3 Å². The number of rotatable bonds is 10. The van der Waals surface area contributed by atoms with Crippen LogP contribution in [-0.2, 0) is 25.6 Å². The van der Waals surface area contributed by atoms with Gasteiger partial charge in [0.25, 0.3) is 0 Å². The smallest absolute Gasteiger partial charge is 0.524 e. The fourth-order valence-electron chi connectivity index (χ4n) is 3.39. The highest BCUT2D eigenvalue weighted by molar-refractivity contribution is 6.21. The van der Waals surface area contributed by atoms with Gasteiger partial charge < -0.3 is 18.8 Å². The van der Waals surface area contributed by atoms with E-state index < -0.39 is 23.5 Å². The molecule has 0 saturated heterocycles. The van der Waals surface area contributed by atoms with Crippen molar-refractivity contribution in [1.82, 2.24) is 0 Å². The van der Waals surface area contributed by atoms with Crippen LogP contribution < -0.4 is 18.8 Å². The van der Waals surface area contributed by atoms with Gasteiger partial charge in [-0.1, -0.05) is 60.7 Å². The molecule has 0 atom stereocenters. The van der Waals surface area contributed by atoms with E-state index in [4.69, 9.17) is 18.8 Å². The van der Waals surface area contributed by atoms with Crippen molar-refractivity contribution in [3.05, 3.63) is 119 Å². The highest BCUT2D eigenvalue weighted by Crippen LogP contribution is 2.38. The Morgan fingerprint density at radius 3 is 1.23 bits per heavy atom. The summed E-state index contributed by atoms with van der Waals surface area (Å²) in [5.41, 5.74) is -0.506. The minimum Gasteiger partial charge on any atom is -0.524 e. The third-order valence-corrected chi connectivity index (χ3v) is 5.37. The summed E-state index contributed by atoms with van der Waals surface area (Å²) >= 11 is 0. The average molecular weight is 545 g/mol. The molecule has 11 heteroatoms. The predicted octanol–water partition coefficient (Wildman–Crippen LogP) is 7.87. The first-order valence-electron chi connectivity index (χ1n) is 11.5. The first-order chi connectivity index (χ1) is 18.6. The normalized spacial score (nSPS) is 11.5. The van der Waals surface area contributed by atoms with Gasteiger partial charge in [-0.15, -0.1) is 0 Å². The number of hydrogen-bond acceptors (Lipinski definition) is 4. The van der Waals surface area contributed by atoms with Gasteiger partial charge in [0.1, 0.15) is 24.7 Å². The molecule has 0 spiro atoms. The second-order valence-corrected chi connectivity index (χ2v) is 8.20. The van der Waals surface area contributed by atoms with Crippen molar-refractivity contribution in [2.75, 3.05) is 0 Å². The number of halogens is 6. The van der Waals surface area contributed by atoms with Crippen LogP contribution in [0.3, 0.4) is 0 Å². The first kappa shape index (κ1) is 27.8. The summed E-state index contributed by atoms with van der Waals surface area (Å²) in [6.45, 7) is 0.0725. The van der Waals surface area contributed by atoms with Crippen molar-refractivity contribution in [2.24, 2.45) is 0 Å². The molecule has 0 aliphatic heterocycles. The zero-order valence-corrected chi connectivity index (χ0v) is 20.1. The maximum atomic E-state index is 13.3. The highest BCUT2D eigenvalue weighted by atomic mass is 19.4. The summed E-state index contributed by atoms with van der Waals surface area (Å²) in [6, 6.07) is 23.0. The maximum absolute atomic E-state index is 13.3. The minimum absolute atomic E-state index is 0.0312. The standard InChI is InChI=1S/C28H20BF6O4/c30-27(31,32)21-11-13-23(36-17-19-7-3-1-4-8-19)25(15-21)38-29-39-26-16-22(28(33,34)35)12-14-24(26)37-18-20-9-5-2-6-10-20/h1-16H,17-18H2. The molecule has 0 aliphatic rings. The molecule has 4 aromatic carbocycles. The van der Waals surface area contributed by atoms with Crippen molar-refractivity contribution in [3.8, 4) is 23.0 Å². The van der Waals surface area contributed by atoms with Gasteiger partial charge in [-0.2, -0.15) is 26.3 Å². The summed E-state index contributed by atoms with van der Waals surface area (Å²) in [5, 5.41) is 0. The Morgan fingerprint density at radius 1 is 0.487 bits per heavy atom. The molecule has 201 valence electrons. The van der Waals surface area contributed by atoms with E-state index in [0.29, 0.717) is 19.8 Å². The Morgan fingerprint density at radius 2 is 0.872 bits per heavy atom. The monoisotopic (exact) mass is 545 g/mol. The van der Waals surface area contributed by atoms with Crippen LogP contribution in [0.2, 0.25) is 0 Å². The van der Waals surface area contributed by atoms with Crippen molar-refractivity contribution >= 4 is 7.69 Å². The molecule has 0 aliphatic carbocycles. The molecule has 0 saturated carbocycles. The van der Waals surface area contributed by atoms with Gasteiger partial charge in [0, 0.05) is 0 Å². The molecular weight excluding hydrogens is 525 g/mol. The van der Waals surface area contributed by atoms with E-state index >= 15 is 0 Å². The first-order valence-corrected chi connectivity index (χ1v) is 11.5. The maximum Gasteiger partial charge on any atom is 0.658 e. The zero-order valence-electron chi connectivity index (χ0n) is 20.1. The van der Waals surface area contributed by atoms with Gasteiger partial charge in [0.15, 0.2) is 11.5 Å². The highest BCUT2D eigenvalue weighted by Gasteiger charge is 2.33. The van der Waals surface area contributed by atoms with Crippen LogP contribution in [0.1, 0.15) is 22.3 Å². The van der Waals surface area contributed by atoms with Gasteiger partial charge >= 0.3 is 20.0 Å². The summed E-state index contributed by atoms with van der Waals surface area (Å²) in [6.07, 6.45) is -9.34.